The first-order valence-electron chi connectivity index (χ1n) is 6.23. The molecule has 0 unspecified atom stereocenters. The fourth-order valence-corrected chi connectivity index (χ4v) is 1.58. The number of carbonyl (C=O) groups is 1. The minimum Gasteiger partial charge on any atom is -0.419 e. The van der Waals surface area contributed by atoms with Crippen LogP contribution >= 0.6 is 11.6 Å². The third kappa shape index (κ3) is 3.57. The number of nitrogens with zero attached hydrogens (tertiary/aromatic N) is 2. The molecule has 6 heteroatoms. The van der Waals surface area contributed by atoms with Crippen molar-refractivity contribution in [3.05, 3.63) is 35.2 Å². The van der Waals surface area contributed by atoms with Crippen LogP contribution in [-0.4, -0.2) is 16.1 Å². The molecule has 20 heavy (non-hydrogen) atoms. The van der Waals surface area contributed by atoms with Crippen LogP contribution in [0.25, 0.3) is 11.5 Å². The predicted molar refractivity (Wildman–Crippen MR) is 76.0 cm³/mol. The van der Waals surface area contributed by atoms with Gasteiger partial charge in [-0.15, -0.1) is 10.2 Å². The molecule has 0 radical (unpaired) electrons. The van der Waals surface area contributed by atoms with Gasteiger partial charge in [-0.05, 0) is 24.3 Å². The maximum Gasteiger partial charge on any atom is 0.247 e. The number of hydrogen-bond acceptors (Lipinski definition) is 4. The average Bonchev–Trinajstić information content (AvgIpc) is 2.84. The fourth-order valence-electron chi connectivity index (χ4n) is 1.46. The highest BCUT2D eigenvalue weighted by Gasteiger charge is 2.21. The van der Waals surface area contributed by atoms with Crippen molar-refractivity contribution in [3.8, 4) is 11.5 Å². The van der Waals surface area contributed by atoms with E-state index >= 15 is 0 Å². The molecule has 0 spiro atoms. The monoisotopic (exact) mass is 293 g/mol. The van der Waals surface area contributed by atoms with Crippen LogP contribution in [0.3, 0.4) is 0 Å². The second-order valence-corrected chi connectivity index (χ2v) is 5.88. The van der Waals surface area contributed by atoms with Gasteiger partial charge in [-0.25, -0.2) is 0 Å². The van der Waals surface area contributed by atoms with Gasteiger partial charge in [0.1, 0.15) is 0 Å². The zero-order valence-electron chi connectivity index (χ0n) is 11.6. The van der Waals surface area contributed by atoms with Gasteiger partial charge in [0.15, 0.2) is 0 Å². The van der Waals surface area contributed by atoms with Crippen LogP contribution in [0.1, 0.15) is 26.7 Å². The molecule has 0 fully saturated rings. The molecule has 0 saturated carbocycles. The summed E-state index contributed by atoms with van der Waals surface area (Å²) < 4.78 is 5.49. The van der Waals surface area contributed by atoms with E-state index in [0.29, 0.717) is 16.8 Å². The van der Waals surface area contributed by atoms with E-state index in [0.717, 1.165) is 5.56 Å². The molecular formula is C14H16ClN3O2. The zero-order chi connectivity index (χ0) is 14.8. The molecule has 0 aliphatic heterocycles. The van der Waals surface area contributed by atoms with Crippen molar-refractivity contribution in [3.63, 3.8) is 0 Å². The SMILES string of the molecule is CC(C)(C)C(=O)NCc1nnc(-c2ccc(Cl)cc2)o1. The number of carbonyl (C=O) groups excluding carboxylic acids is 1. The topological polar surface area (TPSA) is 68.0 Å². The standard InChI is InChI=1S/C14H16ClN3O2/c1-14(2,3)13(19)16-8-11-17-18-12(20-11)9-4-6-10(15)7-5-9/h4-7H,8H2,1-3H3,(H,16,19). The first kappa shape index (κ1) is 14.5. The molecule has 0 saturated heterocycles. The molecule has 0 atom stereocenters. The Balaban J connectivity index is 2.03. The minimum absolute atomic E-state index is 0.0660. The van der Waals surface area contributed by atoms with Crippen molar-refractivity contribution in [2.75, 3.05) is 0 Å². The van der Waals surface area contributed by atoms with Gasteiger partial charge < -0.3 is 9.73 Å². The zero-order valence-corrected chi connectivity index (χ0v) is 12.4. The second kappa shape index (κ2) is 5.63. The molecule has 0 aliphatic rings. The number of benzene rings is 1. The maximum atomic E-state index is 11.7. The number of amides is 1. The quantitative estimate of drug-likeness (QED) is 0.944. The summed E-state index contributed by atoms with van der Waals surface area (Å²) in [4.78, 5) is 11.7. The van der Waals surface area contributed by atoms with E-state index in [2.05, 4.69) is 15.5 Å². The Kier molecular flexibility index (Phi) is 4.09. The Labute approximate surface area is 122 Å². The lowest BCUT2D eigenvalue weighted by molar-refractivity contribution is -0.128. The molecule has 5 nitrogen and oxygen atoms in total. The van der Waals surface area contributed by atoms with E-state index in [1.165, 1.54) is 0 Å². The number of nitrogens with one attached hydrogen (secondary N) is 1. The summed E-state index contributed by atoms with van der Waals surface area (Å²) in [6.07, 6.45) is 0. The average molecular weight is 294 g/mol. The summed E-state index contributed by atoms with van der Waals surface area (Å²) in [6.45, 7) is 5.75. The molecule has 106 valence electrons. The molecule has 2 rings (SSSR count). The fraction of sp³-hybridized carbons (Fsp3) is 0.357. The van der Waals surface area contributed by atoms with Crippen LogP contribution in [0, 0.1) is 5.41 Å². The van der Waals surface area contributed by atoms with Gasteiger partial charge in [0, 0.05) is 16.0 Å². The van der Waals surface area contributed by atoms with E-state index in [1.54, 1.807) is 24.3 Å². The van der Waals surface area contributed by atoms with Gasteiger partial charge in [0.2, 0.25) is 17.7 Å². The first-order valence-corrected chi connectivity index (χ1v) is 6.61. The van der Waals surface area contributed by atoms with Gasteiger partial charge in [-0.3, -0.25) is 4.79 Å². The molecule has 0 bridgehead atoms. The van der Waals surface area contributed by atoms with E-state index in [-0.39, 0.29) is 12.5 Å². The molecule has 1 amide bonds. The Morgan fingerprint density at radius 1 is 1.25 bits per heavy atom. The normalized spacial score (nSPS) is 11.4. The van der Waals surface area contributed by atoms with Gasteiger partial charge in [0.05, 0.1) is 6.54 Å². The van der Waals surface area contributed by atoms with Gasteiger partial charge in [0.25, 0.3) is 0 Å². The van der Waals surface area contributed by atoms with Gasteiger partial charge in [-0.2, -0.15) is 0 Å². The van der Waals surface area contributed by atoms with Crippen molar-refractivity contribution < 1.29 is 9.21 Å². The molecule has 1 aromatic carbocycles. The minimum atomic E-state index is -0.445. The van der Waals surface area contributed by atoms with Gasteiger partial charge >= 0.3 is 0 Å². The highest BCUT2D eigenvalue weighted by Crippen LogP contribution is 2.20. The summed E-state index contributed by atoms with van der Waals surface area (Å²) in [5, 5.41) is 11.3. The Morgan fingerprint density at radius 2 is 1.90 bits per heavy atom. The van der Waals surface area contributed by atoms with Crippen LogP contribution in [0.15, 0.2) is 28.7 Å². The number of halogens is 1. The molecular weight excluding hydrogens is 278 g/mol. The summed E-state index contributed by atoms with van der Waals surface area (Å²) in [5.74, 6) is 0.706. The molecule has 1 heterocycles. The summed E-state index contributed by atoms with van der Waals surface area (Å²) >= 11 is 5.82. The molecule has 2 aromatic rings. The second-order valence-electron chi connectivity index (χ2n) is 5.44. The first-order chi connectivity index (χ1) is 9.36. The largest absolute Gasteiger partial charge is 0.419 e. The summed E-state index contributed by atoms with van der Waals surface area (Å²) in [7, 11) is 0. The van der Waals surface area contributed by atoms with E-state index in [1.807, 2.05) is 20.8 Å². The highest BCUT2D eigenvalue weighted by molar-refractivity contribution is 6.30. The molecule has 1 N–H and O–H groups in total. The van der Waals surface area contributed by atoms with Crippen molar-refractivity contribution >= 4 is 17.5 Å². The van der Waals surface area contributed by atoms with Crippen LogP contribution in [-0.2, 0) is 11.3 Å². The number of rotatable bonds is 3. The molecule has 1 aromatic heterocycles. The number of hydrogen-bond donors (Lipinski definition) is 1. The van der Waals surface area contributed by atoms with Crippen molar-refractivity contribution in [1.82, 2.24) is 15.5 Å². The molecule has 0 aliphatic carbocycles. The third-order valence-electron chi connectivity index (χ3n) is 2.64. The summed E-state index contributed by atoms with van der Waals surface area (Å²) in [6, 6.07) is 7.10. The van der Waals surface area contributed by atoms with Gasteiger partial charge in [-0.1, -0.05) is 32.4 Å². The van der Waals surface area contributed by atoms with Crippen molar-refractivity contribution in [1.29, 1.82) is 0 Å². The van der Waals surface area contributed by atoms with E-state index in [9.17, 15) is 4.79 Å². The van der Waals surface area contributed by atoms with Crippen molar-refractivity contribution in [2.45, 2.75) is 27.3 Å². The predicted octanol–water partition coefficient (Wildman–Crippen LogP) is 3.05. The third-order valence-corrected chi connectivity index (χ3v) is 2.89. The summed E-state index contributed by atoms with van der Waals surface area (Å²) in [5.41, 5.74) is 0.342. The Bertz CT molecular complexity index is 600. The number of aromatic nitrogens is 2. The lowest BCUT2D eigenvalue weighted by Gasteiger charge is -2.16. The van der Waals surface area contributed by atoms with E-state index in [4.69, 9.17) is 16.0 Å². The van der Waals surface area contributed by atoms with Crippen molar-refractivity contribution in [2.24, 2.45) is 5.41 Å². The lowest BCUT2D eigenvalue weighted by Crippen LogP contribution is -2.34. The Hall–Kier alpha value is -1.88. The van der Waals surface area contributed by atoms with Crippen LogP contribution in [0.4, 0.5) is 0 Å². The Morgan fingerprint density at radius 3 is 2.50 bits per heavy atom. The van der Waals surface area contributed by atoms with Crippen LogP contribution in [0.5, 0.6) is 0 Å². The lowest BCUT2D eigenvalue weighted by atomic mass is 9.96. The van der Waals surface area contributed by atoms with Crippen LogP contribution < -0.4 is 5.32 Å². The maximum absolute atomic E-state index is 11.7. The smallest absolute Gasteiger partial charge is 0.247 e. The highest BCUT2D eigenvalue weighted by atomic mass is 35.5. The van der Waals surface area contributed by atoms with Crippen LogP contribution in [0.2, 0.25) is 5.02 Å². The van der Waals surface area contributed by atoms with E-state index < -0.39 is 5.41 Å².